The summed E-state index contributed by atoms with van der Waals surface area (Å²) in [5.74, 6) is 3.45. The normalized spacial score (nSPS) is 16.1. The number of nitrogens with zero attached hydrogens (tertiary/aromatic N) is 2. The predicted octanol–water partition coefficient (Wildman–Crippen LogP) is 2.89. The van der Waals surface area contributed by atoms with Gasteiger partial charge in [-0.3, -0.25) is 9.89 Å². The summed E-state index contributed by atoms with van der Waals surface area (Å²) in [4.78, 5) is 6.76. The molecule has 1 saturated heterocycles. The molecule has 1 aliphatic heterocycles. The maximum absolute atomic E-state index is 5.94. The van der Waals surface area contributed by atoms with Gasteiger partial charge in [0.1, 0.15) is 23.9 Å². The number of aryl methyl sites for hydroxylation is 1. The predicted molar refractivity (Wildman–Crippen MR) is 119 cm³/mol. The Kier molecular flexibility index (Phi) is 8.35. The Balaban J connectivity index is 1.61. The highest BCUT2D eigenvalue weighted by molar-refractivity contribution is 5.79. The molecule has 0 amide bonds. The number of rotatable bonds is 9. The number of aliphatic imine (C=N–C) groups is 1. The number of furan rings is 1. The standard InChI is InChI=1S/C23H32N4O3/c1-4-13-29-21-8-6-5-7-19(21)16-25-23(24-3)26-17-20(22-10-9-18(2)30-22)27-11-14-28-15-12-27/h4-10,20H,1,11-17H2,2-3H3,(H2,24,25,26). The summed E-state index contributed by atoms with van der Waals surface area (Å²) in [6.07, 6.45) is 1.74. The minimum atomic E-state index is 0.115. The molecule has 7 nitrogen and oxygen atoms in total. The van der Waals surface area contributed by atoms with Crippen LogP contribution in [-0.4, -0.2) is 57.4 Å². The molecule has 1 aromatic carbocycles. The van der Waals surface area contributed by atoms with Gasteiger partial charge in [-0.25, -0.2) is 0 Å². The lowest BCUT2D eigenvalue weighted by Crippen LogP contribution is -2.46. The molecule has 0 radical (unpaired) electrons. The van der Waals surface area contributed by atoms with E-state index in [1.165, 1.54) is 0 Å². The summed E-state index contributed by atoms with van der Waals surface area (Å²) in [5.41, 5.74) is 1.06. The van der Waals surface area contributed by atoms with Crippen molar-refractivity contribution in [3.63, 3.8) is 0 Å². The second-order valence-corrected chi connectivity index (χ2v) is 7.13. The van der Waals surface area contributed by atoms with Crippen LogP contribution in [0.2, 0.25) is 0 Å². The van der Waals surface area contributed by atoms with Crippen LogP contribution in [0.1, 0.15) is 23.1 Å². The van der Waals surface area contributed by atoms with Gasteiger partial charge in [-0.2, -0.15) is 0 Å². The van der Waals surface area contributed by atoms with Crippen LogP contribution < -0.4 is 15.4 Å². The van der Waals surface area contributed by atoms with Gasteiger partial charge in [0.2, 0.25) is 0 Å². The van der Waals surface area contributed by atoms with Crippen LogP contribution in [0.3, 0.4) is 0 Å². The van der Waals surface area contributed by atoms with Crippen LogP contribution in [0.25, 0.3) is 0 Å². The van der Waals surface area contributed by atoms with E-state index < -0.39 is 0 Å². The van der Waals surface area contributed by atoms with Gasteiger partial charge < -0.3 is 24.5 Å². The van der Waals surface area contributed by atoms with Crippen molar-refractivity contribution in [2.45, 2.75) is 19.5 Å². The fourth-order valence-electron chi connectivity index (χ4n) is 3.46. The smallest absolute Gasteiger partial charge is 0.191 e. The molecule has 1 unspecified atom stereocenters. The third-order valence-electron chi connectivity index (χ3n) is 5.04. The van der Waals surface area contributed by atoms with E-state index in [1.807, 2.05) is 37.3 Å². The molecular formula is C23H32N4O3. The van der Waals surface area contributed by atoms with Crippen molar-refractivity contribution in [3.8, 4) is 5.75 Å². The van der Waals surface area contributed by atoms with Gasteiger partial charge in [0.15, 0.2) is 5.96 Å². The lowest BCUT2D eigenvalue weighted by molar-refractivity contribution is 0.0124. The number of hydrogen-bond acceptors (Lipinski definition) is 5. The van der Waals surface area contributed by atoms with Crippen molar-refractivity contribution in [2.75, 3.05) is 46.5 Å². The maximum atomic E-state index is 5.94. The summed E-state index contributed by atoms with van der Waals surface area (Å²) < 4.78 is 17.2. The zero-order valence-corrected chi connectivity index (χ0v) is 17.9. The minimum absolute atomic E-state index is 0.115. The van der Waals surface area contributed by atoms with Gasteiger partial charge in [-0.15, -0.1) is 0 Å². The number of para-hydroxylation sites is 1. The Morgan fingerprint density at radius 3 is 2.73 bits per heavy atom. The average molecular weight is 413 g/mol. The van der Waals surface area contributed by atoms with Crippen molar-refractivity contribution in [3.05, 3.63) is 66.1 Å². The van der Waals surface area contributed by atoms with Crippen molar-refractivity contribution in [2.24, 2.45) is 4.99 Å². The Morgan fingerprint density at radius 1 is 1.23 bits per heavy atom. The van der Waals surface area contributed by atoms with E-state index >= 15 is 0 Å². The molecule has 0 spiro atoms. The van der Waals surface area contributed by atoms with Gasteiger partial charge in [-0.05, 0) is 25.1 Å². The van der Waals surface area contributed by atoms with E-state index in [0.717, 1.165) is 55.1 Å². The molecule has 162 valence electrons. The van der Waals surface area contributed by atoms with Gasteiger partial charge in [0.25, 0.3) is 0 Å². The Bertz CT molecular complexity index is 827. The summed E-state index contributed by atoms with van der Waals surface area (Å²) in [7, 11) is 1.77. The molecule has 2 aromatic rings. The van der Waals surface area contributed by atoms with Crippen molar-refractivity contribution < 1.29 is 13.9 Å². The molecule has 1 aliphatic rings. The number of ether oxygens (including phenoxy) is 2. The van der Waals surface area contributed by atoms with E-state index in [-0.39, 0.29) is 6.04 Å². The quantitative estimate of drug-likeness (QED) is 0.375. The van der Waals surface area contributed by atoms with Gasteiger partial charge in [0.05, 0.1) is 19.3 Å². The molecule has 30 heavy (non-hydrogen) atoms. The first-order valence-corrected chi connectivity index (χ1v) is 10.4. The fraction of sp³-hybridized carbons (Fsp3) is 0.435. The second-order valence-electron chi connectivity index (χ2n) is 7.13. The van der Waals surface area contributed by atoms with Crippen molar-refractivity contribution >= 4 is 5.96 Å². The fourth-order valence-corrected chi connectivity index (χ4v) is 3.46. The van der Waals surface area contributed by atoms with Crippen molar-refractivity contribution in [1.29, 1.82) is 0 Å². The number of morpholine rings is 1. The lowest BCUT2D eigenvalue weighted by atomic mass is 10.1. The number of nitrogens with one attached hydrogen (secondary N) is 2. The summed E-state index contributed by atoms with van der Waals surface area (Å²) >= 11 is 0. The second kappa shape index (κ2) is 11.4. The molecule has 1 aromatic heterocycles. The third-order valence-corrected chi connectivity index (χ3v) is 5.04. The average Bonchev–Trinajstić information content (AvgIpc) is 3.21. The van der Waals surface area contributed by atoms with Gasteiger partial charge in [0, 0.05) is 38.8 Å². The molecule has 1 atom stereocenters. The van der Waals surface area contributed by atoms with Crippen molar-refractivity contribution in [1.82, 2.24) is 15.5 Å². The molecule has 2 N–H and O–H groups in total. The summed E-state index contributed by atoms with van der Waals surface area (Å²) in [6.45, 7) is 10.7. The first-order chi connectivity index (χ1) is 14.7. The first kappa shape index (κ1) is 21.9. The Morgan fingerprint density at radius 2 is 2.03 bits per heavy atom. The molecule has 1 fully saturated rings. The van der Waals surface area contributed by atoms with Gasteiger partial charge in [-0.1, -0.05) is 30.9 Å². The first-order valence-electron chi connectivity index (χ1n) is 10.4. The molecule has 0 bridgehead atoms. The SMILES string of the molecule is C=CCOc1ccccc1CNC(=NC)NCC(c1ccc(C)o1)N1CCOCC1. The largest absolute Gasteiger partial charge is 0.489 e. The molecule has 0 saturated carbocycles. The highest BCUT2D eigenvalue weighted by Gasteiger charge is 2.25. The summed E-state index contributed by atoms with van der Waals surface area (Å²) in [5, 5.41) is 6.82. The Hall–Kier alpha value is -2.77. The number of benzene rings is 1. The van der Waals surface area contributed by atoms with E-state index in [4.69, 9.17) is 13.9 Å². The van der Waals surface area contributed by atoms with E-state index in [0.29, 0.717) is 19.7 Å². The molecule has 0 aliphatic carbocycles. The highest BCUT2D eigenvalue weighted by Crippen LogP contribution is 2.23. The minimum Gasteiger partial charge on any atom is -0.489 e. The Labute approximate surface area is 178 Å². The summed E-state index contributed by atoms with van der Waals surface area (Å²) in [6, 6.07) is 12.2. The molecule has 3 rings (SSSR count). The highest BCUT2D eigenvalue weighted by atomic mass is 16.5. The third kappa shape index (κ3) is 6.11. The van der Waals surface area contributed by atoms with E-state index in [2.05, 4.69) is 33.2 Å². The molecular weight excluding hydrogens is 380 g/mol. The molecule has 7 heteroatoms. The number of guanidine groups is 1. The maximum Gasteiger partial charge on any atom is 0.191 e. The van der Waals surface area contributed by atoms with E-state index in [9.17, 15) is 0 Å². The van der Waals surface area contributed by atoms with Crippen LogP contribution in [-0.2, 0) is 11.3 Å². The monoisotopic (exact) mass is 412 g/mol. The lowest BCUT2D eigenvalue weighted by Gasteiger charge is -2.33. The van der Waals surface area contributed by atoms with E-state index in [1.54, 1.807) is 13.1 Å². The van der Waals surface area contributed by atoms with Crippen LogP contribution in [0.5, 0.6) is 5.75 Å². The number of hydrogen-bond donors (Lipinski definition) is 2. The van der Waals surface area contributed by atoms with Crippen LogP contribution in [0.4, 0.5) is 0 Å². The van der Waals surface area contributed by atoms with Crippen LogP contribution in [0.15, 0.2) is 58.5 Å². The van der Waals surface area contributed by atoms with Crippen LogP contribution in [0, 0.1) is 6.92 Å². The van der Waals surface area contributed by atoms with Crippen LogP contribution >= 0.6 is 0 Å². The topological polar surface area (TPSA) is 71.3 Å². The zero-order chi connectivity index (χ0) is 21.2. The van der Waals surface area contributed by atoms with Gasteiger partial charge >= 0.3 is 0 Å². The molecule has 2 heterocycles. The zero-order valence-electron chi connectivity index (χ0n) is 17.9.